The molecule has 0 saturated carbocycles. The molecule has 3 rings (SSSR count). The number of anilines is 2. The smallest absolute Gasteiger partial charge is 0.262 e. The second-order valence-electron chi connectivity index (χ2n) is 6.21. The van der Waals surface area contributed by atoms with Crippen LogP contribution in [0, 0.1) is 6.92 Å². The summed E-state index contributed by atoms with van der Waals surface area (Å²) < 4.78 is 5.66. The summed E-state index contributed by atoms with van der Waals surface area (Å²) in [7, 11) is 0. The minimum atomic E-state index is -0.318. The number of amides is 2. The Hall–Kier alpha value is -3.12. The summed E-state index contributed by atoms with van der Waals surface area (Å²) >= 11 is 6.17. The summed E-state index contributed by atoms with van der Waals surface area (Å²) in [4.78, 5) is 28.2. The Kier molecular flexibility index (Phi) is 6.11. The lowest BCUT2D eigenvalue weighted by molar-refractivity contribution is -0.118. The number of hydrogen-bond donors (Lipinski definition) is 2. The Morgan fingerprint density at radius 1 is 1.11 bits per heavy atom. The van der Waals surface area contributed by atoms with Gasteiger partial charge in [0.15, 0.2) is 6.61 Å². The highest BCUT2D eigenvalue weighted by molar-refractivity contribution is 6.35. The summed E-state index contributed by atoms with van der Waals surface area (Å²) in [6.07, 6.45) is 2.03. The maximum absolute atomic E-state index is 12.4. The first-order valence-electron chi connectivity index (χ1n) is 8.84. The fourth-order valence-corrected chi connectivity index (χ4v) is 2.86. The Morgan fingerprint density at radius 3 is 2.71 bits per heavy atom. The molecule has 0 aliphatic heterocycles. The lowest BCUT2D eigenvalue weighted by atomic mass is 10.1. The Balaban J connectivity index is 1.69. The quantitative estimate of drug-likeness (QED) is 0.638. The Labute approximate surface area is 167 Å². The highest BCUT2D eigenvalue weighted by atomic mass is 35.5. The predicted octanol–water partition coefficient (Wildman–Crippen LogP) is 4.56. The molecule has 0 bridgehead atoms. The third-order valence-corrected chi connectivity index (χ3v) is 4.48. The zero-order valence-electron chi connectivity index (χ0n) is 15.6. The Morgan fingerprint density at radius 2 is 1.93 bits per heavy atom. The minimum Gasteiger partial charge on any atom is -0.481 e. The van der Waals surface area contributed by atoms with Crippen molar-refractivity contribution in [2.24, 2.45) is 0 Å². The zero-order chi connectivity index (χ0) is 20.1. The lowest BCUT2D eigenvalue weighted by Crippen LogP contribution is -2.21. The number of hydrogen-bond acceptors (Lipinski definition) is 4. The molecule has 0 fully saturated rings. The topological polar surface area (TPSA) is 80.3 Å². The SMILES string of the molecule is CCC(=O)Nc1ccc(C)c(NC(=O)COc2ccc(Cl)c3cccnc23)c1. The van der Waals surface area contributed by atoms with Crippen LogP contribution in [0.25, 0.3) is 10.9 Å². The number of fused-ring (bicyclic) bond motifs is 1. The van der Waals surface area contributed by atoms with Crippen LogP contribution in [0.1, 0.15) is 18.9 Å². The molecule has 28 heavy (non-hydrogen) atoms. The number of carbonyl (C=O) groups excluding carboxylic acids is 2. The normalized spacial score (nSPS) is 10.5. The van der Waals surface area contributed by atoms with Crippen molar-refractivity contribution in [3.63, 3.8) is 0 Å². The van der Waals surface area contributed by atoms with E-state index in [0.717, 1.165) is 10.9 Å². The van der Waals surface area contributed by atoms with Crippen molar-refractivity contribution in [1.29, 1.82) is 0 Å². The van der Waals surface area contributed by atoms with Crippen molar-refractivity contribution in [3.05, 3.63) is 59.2 Å². The molecule has 1 aromatic heterocycles. The maximum Gasteiger partial charge on any atom is 0.262 e. The van der Waals surface area contributed by atoms with Crippen LogP contribution in [0.15, 0.2) is 48.7 Å². The number of carbonyl (C=O) groups is 2. The van der Waals surface area contributed by atoms with Crippen LogP contribution in [0.2, 0.25) is 5.02 Å². The summed E-state index contributed by atoms with van der Waals surface area (Å²) in [5, 5.41) is 6.92. The van der Waals surface area contributed by atoms with Crippen LogP contribution in [-0.2, 0) is 9.59 Å². The van der Waals surface area contributed by atoms with E-state index < -0.39 is 0 Å². The number of pyridine rings is 1. The summed E-state index contributed by atoms with van der Waals surface area (Å²) in [6, 6.07) is 12.4. The molecule has 144 valence electrons. The zero-order valence-corrected chi connectivity index (χ0v) is 16.3. The van der Waals surface area contributed by atoms with Gasteiger partial charge in [-0.15, -0.1) is 0 Å². The molecule has 0 spiro atoms. The second-order valence-corrected chi connectivity index (χ2v) is 6.62. The van der Waals surface area contributed by atoms with E-state index in [4.69, 9.17) is 16.3 Å². The standard InChI is InChI=1S/C21H20ClN3O3/c1-3-19(26)24-14-7-6-13(2)17(11-14)25-20(27)12-28-18-9-8-16(22)15-5-4-10-23-21(15)18/h4-11H,3,12H2,1-2H3,(H,24,26)(H,25,27). The second kappa shape index (κ2) is 8.71. The van der Waals surface area contributed by atoms with Gasteiger partial charge in [-0.25, -0.2) is 0 Å². The number of benzene rings is 2. The average Bonchev–Trinajstić information content (AvgIpc) is 2.70. The van der Waals surface area contributed by atoms with Gasteiger partial charge in [0.25, 0.3) is 5.91 Å². The first kappa shape index (κ1) is 19.6. The van der Waals surface area contributed by atoms with Crippen LogP contribution in [0.5, 0.6) is 5.75 Å². The number of rotatable bonds is 6. The molecule has 1 heterocycles. The molecule has 0 aliphatic rings. The Bertz CT molecular complexity index is 1040. The molecule has 0 radical (unpaired) electrons. The monoisotopic (exact) mass is 397 g/mol. The third kappa shape index (κ3) is 4.58. The van der Waals surface area contributed by atoms with Crippen LogP contribution in [-0.4, -0.2) is 23.4 Å². The molecule has 2 aromatic carbocycles. The van der Waals surface area contributed by atoms with Gasteiger partial charge in [-0.05, 0) is 48.9 Å². The molecule has 0 saturated heterocycles. The van der Waals surface area contributed by atoms with Crippen molar-refractivity contribution >= 4 is 45.7 Å². The minimum absolute atomic E-state index is 0.0911. The molecule has 7 heteroatoms. The molecule has 2 amide bonds. The van der Waals surface area contributed by atoms with E-state index in [1.807, 2.05) is 19.1 Å². The van der Waals surface area contributed by atoms with Gasteiger partial charge in [0.1, 0.15) is 11.3 Å². The highest BCUT2D eigenvalue weighted by Gasteiger charge is 2.11. The van der Waals surface area contributed by atoms with E-state index in [-0.39, 0.29) is 18.4 Å². The van der Waals surface area contributed by atoms with Crippen molar-refractivity contribution in [1.82, 2.24) is 4.98 Å². The molecule has 0 aliphatic carbocycles. The van der Waals surface area contributed by atoms with Gasteiger partial charge >= 0.3 is 0 Å². The number of nitrogens with one attached hydrogen (secondary N) is 2. The number of aryl methyl sites for hydroxylation is 1. The van der Waals surface area contributed by atoms with Gasteiger partial charge in [-0.3, -0.25) is 14.6 Å². The molecule has 2 N–H and O–H groups in total. The van der Waals surface area contributed by atoms with E-state index in [0.29, 0.717) is 34.1 Å². The molecular formula is C21H20ClN3O3. The van der Waals surface area contributed by atoms with Gasteiger partial charge in [-0.1, -0.05) is 24.6 Å². The highest BCUT2D eigenvalue weighted by Crippen LogP contribution is 2.29. The molecule has 3 aromatic rings. The first-order valence-corrected chi connectivity index (χ1v) is 9.22. The molecule has 6 nitrogen and oxygen atoms in total. The number of ether oxygens (including phenoxy) is 1. The fraction of sp³-hybridized carbons (Fsp3) is 0.190. The number of aromatic nitrogens is 1. The predicted molar refractivity (Wildman–Crippen MR) is 111 cm³/mol. The maximum atomic E-state index is 12.4. The van der Waals surface area contributed by atoms with Gasteiger partial charge in [0, 0.05) is 29.4 Å². The molecular weight excluding hydrogens is 378 g/mol. The lowest BCUT2D eigenvalue weighted by Gasteiger charge is -2.13. The van der Waals surface area contributed by atoms with E-state index >= 15 is 0 Å². The fourth-order valence-electron chi connectivity index (χ4n) is 2.64. The van der Waals surface area contributed by atoms with Crippen LogP contribution in [0.3, 0.4) is 0 Å². The van der Waals surface area contributed by atoms with Crippen LogP contribution in [0.4, 0.5) is 11.4 Å². The largest absolute Gasteiger partial charge is 0.481 e. The van der Waals surface area contributed by atoms with Gasteiger partial charge in [0.05, 0.1) is 5.02 Å². The number of nitrogens with zero attached hydrogens (tertiary/aromatic N) is 1. The van der Waals surface area contributed by atoms with Gasteiger partial charge in [0.2, 0.25) is 5.91 Å². The number of halogens is 1. The van der Waals surface area contributed by atoms with E-state index in [1.54, 1.807) is 43.5 Å². The van der Waals surface area contributed by atoms with Crippen LogP contribution < -0.4 is 15.4 Å². The molecule has 0 unspecified atom stereocenters. The first-order chi connectivity index (χ1) is 13.5. The van der Waals surface area contributed by atoms with Crippen molar-refractivity contribution < 1.29 is 14.3 Å². The summed E-state index contributed by atoms with van der Waals surface area (Å²) in [5.74, 6) is 0.0727. The van der Waals surface area contributed by atoms with Crippen LogP contribution >= 0.6 is 11.6 Å². The average molecular weight is 398 g/mol. The third-order valence-electron chi connectivity index (χ3n) is 4.15. The van der Waals surface area contributed by atoms with Crippen molar-refractivity contribution in [2.75, 3.05) is 17.2 Å². The molecule has 0 atom stereocenters. The summed E-state index contributed by atoms with van der Waals surface area (Å²) in [6.45, 7) is 3.47. The van der Waals surface area contributed by atoms with Gasteiger partial charge in [-0.2, -0.15) is 0 Å². The van der Waals surface area contributed by atoms with E-state index in [2.05, 4.69) is 15.6 Å². The van der Waals surface area contributed by atoms with Gasteiger partial charge < -0.3 is 15.4 Å². The van der Waals surface area contributed by atoms with E-state index in [9.17, 15) is 9.59 Å². The van der Waals surface area contributed by atoms with E-state index in [1.165, 1.54) is 0 Å². The van der Waals surface area contributed by atoms with Crippen molar-refractivity contribution in [2.45, 2.75) is 20.3 Å². The van der Waals surface area contributed by atoms with Crippen molar-refractivity contribution in [3.8, 4) is 5.75 Å². The summed E-state index contributed by atoms with van der Waals surface area (Å²) in [5.41, 5.74) is 2.72.